The van der Waals surface area contributed by atoms with E-state index in [4.69, 9.17) is 18.9 Å². The fourth-order valence-electron chi connectivity index (χ4n) is 4.84. The van der Waals surface area contributed by atoms with Crippen molar-refractivity contribution < 1.29 is 28.5 Å². The Morgan fingerprint density at radius 3 is 1.85 bits per heavy atom. The third-order valence-corrected chi connectivity index (χ3v) is 6.82. The van der Waals surface area contributed by atoms with Crippen LogP contribution in [0.3, 0.4) is 0 Å². The zero-order chi connectivity index (χ0) is 28.4. The number of hydrogen-bond acceptors (Lipinski definition) is 6. The molecule has 41 heavy (non-hydrogen) atoms. The Morgan fingerprint density at radius 1 is 0.585 bits per heavy atom. The van der Waals surface area contributed by atoms with Gasteiger partial charge in [-0.15, -0.1) is 0 Å². The van der Waals surface area contributed by atoms with Crippen LogP contribution in [0.1, 0.15) is 23.2 Å². The lowest BCUT2D eigenvalue weighted by atomic mass is 9.92. The van der Waals surface area contributed by atoms with E-state index in [0.717, 1.165) is 32.7 Å². The molecule has 0 unspecified atom stereocenters. The molecule has 5 rings (SSSR count). The van der Waals surface area contributed by atoms with Gasteiger partial charge in [-0.25, -0.2) is 0 Å². The lowest BCUT2D eigenvalue weighted by molar-refractivity contribution is -0.134. The standard InChI is InChI=1S/C35H32O6/c1-38-21-22-39-23-24-40-31-18-15-25-9-5-7-13-28(25)34(31)35-29-14-8-6-10-26(29)16-19-32(35)41-33(37)20-17-30(36)27-11-3-2-4-12-27/h2-16,18-19H,17,20-24H2,1H3. The highest BCUT2D eigenvalue weighted by Gasteiger charge is 2.21. The summed E-state index contributed by atoms with van der Waals surface area (Å²) in [5.74, 6) is 0.504. The zero-order valence-corrected chi connectivity index (χ0v) is 23.0. The molecule has 0 heterocycles. The Bertz CT molecular complexity index is 1640. The van der Waals surface area contributed by atoms with Gasteiger partial charge in [0, 0.05) is 30.2 Å². The van der Waals surface area contributed by atoms with Gasteiger partial charge in [-0.2, -0.15) is 0 Å². The smallest absolute Gasteiger partial charge is 0.311 e. The van der Waals surface area contributed by atoms with Crippen LogP contribution in [0.25, 0.3) is 32.7 Å². The van der Waals surface area contributed by atoms with E-state index >= 15 is 0 Å². The minimum absolute atomic E-state index is 0.0301. The van der Waals surface area contributed by atoms with Crippen LogP contribution >= 0.6 is 0 Å². The zero-order valence-electron chi connectivity index (χ0n) is 23.0. The molecule has 0 N–H and O–H groups in total. The minimum atomic E-state index is -0.472. The lowest BCUT2D eigenvalue weighted by Gasteiger charge is -2.19. The first-order chi connectivity index (χ1) is 20.2. The summed E-state index contributed by atoms with van der Waals surface area (Å²) in [6, 6.07) is 32.7. The second kappa shape index (κ2) is 13.7. The number of Topliss-reactive ketones (excluding diaryl/α,β-unsaturated/α-hetero) is 1. The number of fused-ring (bicyclic) bond motifs is 2. The third-order valence-electron chi connectivity index (χ3n) is 6.82. The molecule has 0 fully saturated rings. The van der Waals surface area contributed by atoms with Crippen LogP contribution in [0.5, 0.6) is 11.5 Å². The van der Waals surface area contributed by atoms with E-state index in [-0.39, 0.29) is 18.6 Å². The molecule has 0 aliphatic heterocycles. The highest BCUT2D eigenvalue weighted by atomic mass is 16.5. The van der Waals surface area contributed by atoms with E-state index in [1.54, 1.807) is 19.2 Å². The van der Waals surface area contributed by atoms with E-state index in [0.29, 0.717) is 43.5 Å². The van der Waals surface area contributed by atoms with Crippen molar-refractivity contribution in [3.63, 3.8) is 0 Å². The van der Waals surface area contributed by atoms with Crippen molar-refractivity contribution in [2.75, 3.05) is 33.5 Å². The van der Waals surface area contributed by atoms with Gasteiger partial charge in [-0.3, -0.25) is 9.59 Å². The SMILES string of the molecule is COCCOCCOc1ccc2ccccc2c1-c1c(OC(=O)CCC(=O)c2ccccc2)ccc2ccccc12. The number of carbonyl (C=O) groups is 2. The number of ketones is 1. The average molecular weight is 549 g/mol. The Morgan fingerprint density at radius 2 is 1.17 bits per heavy atom. The molecule has 0 aromatic heterocycles. The van der Waals surface area contributed by atoms with Crippen LogP contribution < -0.4 is 9.47 Å². The van der Waals surface area contributed by atoms with E-state index in [9.17, 15) is 9.59 Å². The molecule has 6 nitrogen and oxygen atoms in total. The van der Waals surface area contributed by atoms with Gasteiger partial charge < -0.3 is 18.9 Å². The summed E-state index contributed by atoms with van der Waals surface area (Å²) in [4.78, 5) is 25.7. The predicted octanol–water partition coefficient (Wildman–Crippen LogP) is 7.27. The van der Waals surface area contributed by atoms with Crippen molar-refractivity contribution in [2.45, 2.75) is 12.8 Å². The van der Waals surface area contributed by atoms with Crippen LogP contribution in [-0.4, -0.2) is 45.3 Å². The molecule has 0 saturated carbocycles. The molecule has 0 aliphatic rings. The molecule has 5 aromatic rings. The summed E-state index contributed by atoms with van der Waals surface area (Å²) in [6.45, 7) is 1.75. The van der Waals surface area contributed by atoms with Crippen LogP contribution in [-0.2, 0) is 14.3 Å². The van der Waals surface area contributed by atoms with E-state index < -0.39 is 5.97 Å². The van der Waals surface area contributed by atoms with Gasteiger partial charge in [-0.1, -0.05) is 91.0 Å². The number of benzene rings is 5. The normalized spacial score (nSPS) is 11.0. The van der Waals surface area contributed by atoms with E-state index in [1.807, 2.05) is 91.0 Å². The first-order valence-corrected chi connectivity index (χ1v) is 13.7. The van der Waals surface area contributed by atoms with Gasteiger partial charge in [0.2, 0.25) is 0 Å². The number of hydrogen-bond donors (Lipinski definition) is 0. The molecule has 0 saturated heterocycles. The molecule has 5 aromatic carbocycles. The van der Waals surface area contributed by atoms with Gasteiger partial charge in [0.25, 0.3) is 0 Å². The largest absolute Gasteiger partial charge is 0.491 e. The summed E-state index contributed by atoms with van der Waals surface area (Å²) in [5, 5.41) is 3.93. The number of ether oxygens (including phenoxy) is 4. The number of carbonyl (C=O) groups excluding carboxylic acids is 2. The van der Waals surface area contributed by atoms with Crippen molar-refractivity contribution >= 4 is 33.3 Å². The first kappa shape index (κ1) is 28.0. The molecule has 6 heteroatoms. The van der Waals surface area contributed by atoms with E-state index in [1.165, 1.54) is 0 Å². The van der Waals surface area contributed by atoms with Gasteiger partial charge >= 0.3 is 5.97 Å². The van der Waals surface area contributed by atoms with Crippen LogP contribution in [0, 0.1) is 0 Å². The fourth-order valence-corrected chi connectivity index (χ4v) is 4.84. The molecule has 0 atom stereocenters. The first-order valence-electron chi connectivity index (χ1n) is 13.7. The van der Waals surface area contributed by atoms with Gasteiger partial charge in [-0.05, 0) is 33.7 Å². The van der Waals surface area contributed by atoms with Crippen molar-refractivity contribution in [2.24, 2.45) is 0 Å². The quantitative estimate of drug-likeness (QED) is 0.0667. The molecule has 208 valence electrons. The van der Waals surface area contributed by atoms with Crippen molar-refractivity contribution in [3.05, 3.63) is 109 Å². The minimum Gasteiger partial charge on any atom is -0.491 e. The number of esters is 1. The second-order valence-corrected chi connectivity index (χ2v) is 9.54. The molecule has 0 spiro atoms. The molecular formula is C35H32O6. The average Bonchev–Trinajstić information content (AvgIpc) is 3.02. The lowest BCUT2D eigenvalue weighted by Crippen LogP contribution is -2.12. The van der Waals surface area contributed by atoms with Crippen LogP contribution in [0.15, 0.2) is 103 Å². The third kappa shape index (κ3) is 6.80. The molecule has 0 aliphatic carbocycles. The van der Waals surface area contributed by atoms with Crippen molar-refractivity contribution in [1.29, 1.82) is 0 Å². The van der Waals surface area contributed by atoms with Crippen LogP contribution in [0.4, 0.5) is 0 Å². The summed E-state index contributed by atoms with van der Waals surface area (Å²) in [6.07, 6.45) is 0.0369. The Hall–Kier alpha value is -4.52. The summed E-state index contributed by atoms with van der Waals surface area (Å²) >= 11 is 0. The van der Waals surface area contributed by atoms with E-state index in [2.05, 4.69) is 0 Å². The summed E-state index contributed by atoms with van der Waals surface area (Å²) < 4.78 is 22.9. The number of methoxy groups -OCH3 is 1. The molecular weight excluding hydrogens is 516 g/mol. The Kier molecular flexibility index (Phi) is 9.37. The maximum absolute atomic E-state index is 13.1. The fraction of sp³-hybridized carbons (Fsp3) is 0.200. The van der Waals surface area contributed by atoms with Gasteiger partial charge in [0.05, 0.1) is 26.2 Å². The Labute approximate surface area is 239 Å². The number of rotatable bonds is 13. The topological polar surface area (TPSA) is 71.1 Å². The molecule has 0 radical (unpaired) electrons. The Balaban J connectivity index is 1.50. The highest BCUT2D eigenvalue weighted by Crippen LogP contribution is 2.45. The molecule has 0 amide bonds. The predicted molar refractivity (Wildman–Crippen MR) is 161 cm³/mol. The maximum Gasteiger partial charge on any atom is 0.311 e. The second-order valence-electron chi connectivity index (χ2n) is 9.54. The van der Waals surface area contributed by atoms with Crippen LogP contribution in [0.2, 0.25) is 0 Å². The van der Waals surface area contributed by atoms with Crippen molar-refractivity contribution in [3.8, 4) is 22.6 Å². The molecule has 0 bridgehead atoms. The summed E-state index contributed by atoms with van der Waals surface area (Å²) in [7, 11) is 1.64. The van der Waals surface area contributed by atoms with Crippen molar-refractivity contribution in [1.82, 2.24) is 0 Å². The van der Waals surface area contributed by atoms with Gasteiger partial charge in [0.1, 0.15) is 18.1 Å². The monoisotopic (exact) mass is 548 g/mol. The maximum atomic E-state index is 13.1. The summed E-state index contributed by atoms with van der Waals surface area (Å²) in [5.41, 5.74) is 2.17. The van der Waals surface area contributed by atoms with Gasteiger partial charge in [0.15, 0.2) is 5.78 Å². The highest BCUT2D eigenvalue weighted by molar-refractivity contribution is 6.10.